The van der Waals surface area contributed by atoms with E-state index in [0.717, 1.165) is 42.2 Å². The number of nitrogens with zero attached hydrogens (tertiary/aromatic N) is 3. The van der Waals surface area contributed by atoms with Crippen LogP contribution in [0, 0.1) is 12.8 Å². The Morgan fingerprint density at radius 3 is 3.05 bits per heavy atom. The van der Waals surface area contributed by atoms with Crippen molar-refractivity contribution in [2.45, 2.75) is 26.3 Å². The third kappa shape index (κ3) is 2.00. The predicted octanol–water partition coefficient (Wildman–Crippen LogP) is 1.48. The molecule has 0 amide bonds. The Morgan fingerprint density at radius 2 is 2.26 bits per heavy atom. The molecule has 0 fully saturated rings. The van der Waals surface area contributed by atoms with Gasteiger partial charge in [0.15, 0.2) is 5.82 Å². The van der Waals surface area contributed by atoms with Crippen LogP contribution in [-0.4, -0.2) is 26.4 Å². The Labute approximate surface area is 112 Å². The highest BCUT2D eigenvalue weighted by molar-refractivity contribution is 5.63. The molecule has 0 spiro atoms. The second kappa shape index (κ2) is 4.66. The summed E-state index contributed by atoms with van der Waals surface area (Å²) >= 11 is 0. The molecule has 5 nitrogen and oxygen atoms in total. The first-order chi connectivity index (χ1) is 9.20. The molecule has 0 saturated carbocycles. The van der Waals surface area contributed by atoms with Crippen molar-refractivity contribution in [3.63, 3.8) is 0 Å². The van der Waals surface area contributed by atoms with E-state index in [4.69, 9.17) is 5.73 Å². The molecule has 1 aliphatic heterocycles. The number of fused-ring (bicyclic) bond motifs is 1. The molecule has 1 aliphatic rings. The molecule has 3 rings (SSSR count). The summed E-state index contributed by atoms with van der Waals surface area (Å²) in [5.74, 6) is 2.65. The van der Waals surface area contributed by atoms with Crippen LogP contribution in [0.1, 0.15) is 17.8 Å². The highest BCUT2D eigenvalue weighted by Crippen LogP contribution is 2.30. The van der Waals surface area contributed by atoms with Crippen LogP contribution in [0.25, 0.3) is 11.4 Å². The fourth-order valence-electron chi connectivity index (χ4n) is 2.66. The summed E-state index contributed by atoms with van der Waals surface area (Å²) < 4.78 is 2.15. The smallest absolute Gasteiger partial charge is 0.164 e. The van der Waals surface area contributed by atoms with Gasteiger partial charge in [0, 0.05) is 24.1 Å². The largest absolute Gasteiger partial charge is 0.508 e. The Hall–Kier alpha value is -1.88. The Kier molecular flexibility index (Phi) is 2.98. The zero-order valence-corrected chi connectivity index (χ0v) is 11.0. The monoisotopic (exact) mass is 258 g/mol. The number of phenols is 1. The van der Waals surface area contributed by atoms with Gasteiger partial charge in [0.1, 0.15) is 11.6 Å². The molecule has 2 heterocycles. The van der Waals surface area contributed by atoms with Gasteiger partial charge in [-0.15, -0.1) is 10.2 Å². The number of aromatic hydroxyl groups is 1. The van der Waals surface area contributed by atoms with Crippen LogP contribution < -0.4 is 5.73 Å². The third-order valence-corrected chi connectivity index (χ3v) is 3.94. The third-order valence-electron chi connectivity index (χ3n) is 3.94. The van der Waals surface area contributed by atoms with E-state index in [2.05, 4.69) is 14.8 Å². The molecule has 1 unspecified atom stereocenters. The van der Waals surface area contributed by atoms with Crippen molar-refractivity contribution in [2.24, 2.45) is 11.7 Å². The van der Waals surface area contributed by atoms with Crippen molar-refractivity contribution >= 4 is 0 Å². The normalized spacial score (nSPS) is 18.3. The summed E-state index contributed by atoms with van der Waals surface area (Å²) in [6.45, 7) is 3.50. The minimum Gasteiger partial charge on any atom is -0.508 e. The van der Waals surface area contributed by atoms with Gasteiger partial charge in [0.2, 0.25) is 0 Å². The molecule has 100 valence electrons. The maximum atomic E-state index is 9.81. The molecular weight excluding hydrogens is 240 g/mol. The molecule has 0 radical (unpaired) electrons. The first-order valence-corrected chi connectivity index (χ1v) is 6.61. The van der Waals surface area contributed by atoms with Crippen molar-refractivity contribution in [3.8, 4) is 17.1 Å². The minimum absolute atomic E-state index is 0.297. The van der Waals surface area contributed by atoms with Crippen LogP contribution in [0.3, 0.4) is 0 Å². The zero-order valence-electron chi connectivity index (χ0n) is 11.0. The average Bonchev–Trinajstić information content (AvgIpc) is 2.84. The van der Waals surface area contributed by atoms with Gasteiger partial charge in [0.05, 0.1) is 0 Å². The van der Waals surface area contributed by atoms with Gasteiger partial charge >= 0.3 is 0 Å². The molecule has 0 aliphatic carbocycles. The topological polar surface area (TPSA) is 77.0 Å². The molecule has 5 heteroatoms. The van der Waals surface area contributed by atoms with Crippen molar-refractivity contribution in [1.82, 2.24) is 14.8 Å². The van der Waals surface area contributed by atoms with Crippen LogP contribution in [0.4, 0.5) is 0 Å². The summed E-state index contributed by atoms with van der Waals surface area (Å²) in [5.41, 5.74) is 7.53. The van der Waals surface area contributed by atoms with Crippen molar-refractivity contribution < 1.29 is 5.11 Å². The average molecular weight is 258 g/mol. The van der Waals surface area contributed by atoms with E-state index in [-0.39, 0.29) is 0 Å². The molecule has 19 heavy (non-hydrogen) atoms. The summed E-state index contributed by atoms with van der Waals surface area (Å²) in [6.07, 6.45) is 1.95. The van der Waals surface area contributed by atoms with Gasteiger partial charge in [0.25, 0.3) is 0 Å². The fourth-order valence-corrected chi connectivity index (χ4v) is 2.66. The summed E-state index contributed by atoms with van der Waals surface area (Å²) in [7, 11) is 0. The number of nitrogens with two attached hydrogens (primary N) is 1. The van der Waals surface area contributed by atoms with E-state index in [0.29, 0.717) is 18.2 Å². The maximum Gasteiger partial charge on any atom is 0.164 e. The fraction of sp³-hybridized carbons (Fsp3) is 0.429. The molecule has 1 atom stereocenters. The van der Waals surface area contributed by atoms with E-state index in [1.807, 2.05) is 19.1 Å². The second-order valence-corrected chi connectivity index (χ2v) is 5.14. The summed E-state index contributed by atoms with van der Waals surface area (Å²) in [4.78, 5) is 0. The standard InChI is InChI=1S/C14H18N4O/c1-9-11(3-2-4-12(9)19)14-17-16-13-7-10(8-15)5-6-18(13)14/h2-4,10,19H,5-8,15H2,1H3. The van der Waals surface area contributed by atoms with Gasteiger partial charge in [-0.05, 0) is 31.9 Å². The van der Waals surface area contributed by atoms with E-state index >= 15 is 0 Å². The number of phenolic OH excluding ortho intramolecular Hbond substituents is 1. The maximum absolute atomic E-state index is 9.81. The molecule has 1 aromatic heterocycles. The Balaban J connectivity index is 2.04. The number of aromatic nitrogens is 3. The summed E-state index contributed by atoms with van der Waals surface area (Å²) in [5, 5.41) is 18.4. The van der Waals surface area contributed by atoms with E-state index < -0.39 is 0 Å². The van der Waals surface area contributed by atoms with Crippen LogP contribution in [0.15, 0.2) is 18.2 Å². The first-order valence-electron chi connectivity index (χ1n) is 6.61. The van der Waals surface area contributed by atoms with E-state index in [9.17, 15) is 5.11 Å². The number of benzene rings is 1. The molecule has 0 saturated heterocycles. The lowest BCUT2D eigenvalue weighted by Crippen LogP contribution is -2.25. The predicted molar refractivity (Wildman–Crippen MR) is 72.7 cm³/mol. The number of hydrogen-bond donors (Lipinski definition) is 2. The van der Waals surface area contributed by atoms with Crippen molar-refractivity contribution in [3.05, 3.63) is 29.6 Å². The van der Waals surface area contributed by atoms with Gasteiger partial charge in [-0.2, -0.15) is 0 Å². The van der Waals surface area contributed by atoms with Gasteiger partial charge in [-0.1, -0.05) is 12.1 Å². The Bertz CT molecular complexity index is 605. The van der Waals surface area contributed by atoms with E-state index in [1.165, 1.54) is 0 Å². The van der Waals surface area contributed by atoms with Crippen LogP contribution in [0.5, 0.6) is 5.75 Å². The molecule has 2 aromatic rings. The first kappa shape index (κ1) is 12.2. The van der Waals surface area contributed by atoms with Crippen LogP contribution in [-0.2, 0) is 13.0 Å². The zero-order chi connectivity index (χ0) is 13.4. The lowest BCUT2D eigenvalue weighted by atomic mass is 9.97. The number of rotatable bonds is 2. The quantitative estimate of drug-likeness (QED) is 0.855. The minimum atomic E-state index is 0.297. The van der Waals surface area contributed by atoms with Gasteiger partial charge in [-0.25, -0.2) is 0 Å². The van der Waals surface area contributed by atoms with Crippen LogP contribution in [0.2, 0.25) is 0 Å². The highest BCUT2D eigenvalue weighted by atomic mass is 16.3. The Morgan fingerprint density at radius 1 is 1.42 bits per heavy atom. The van der Waals surface area contributed by atoms with Gasteiger partial charge in [-0.3, -0.25) is 0 Å². The van der Waals surface area contributed by atoms with E-state index in [1.54, 1.807) is 6.07 Å². The lowest BCUT2D eigenvalue weighted by molar-refractivity contribution is 0.391. The molecule has 3 N–H and O–H groups in total. The second-order valence-electron chi connectivity index (χ2n) is 5.14. The molecule has 0 bridgehead atoms. The van der Waals surface area contributed by atoms with Crippen molar-refractivity contribution in [2.75, 3.05) is 6.54 Å². The molecule has 1 aromatic carbocycles. The summed E-state index contributed by atoms with van der Waals surface area (Å²) in [6, 6.07) is 5.50. The highest BCUT2D eigenvalue weighted by Gasteiger charge is 2.23. The van der Waals surface area contributed by atoms with Gasteiger partial charge < -0.3 is 15.4 Å². The lowest BCUT2D eigenvalue weighted by Gasteiger charge is -2.22. The number of hydrogen-bond acceptors (Lipinski definition) is 4. The molecular formula is C14H18N4O. The SMILES string of the molecule is Cc1c(O)cccc1-c1nnc2n1CCC(CN)C2. The van der Waals surface area contributed by atoms with Crippen molar-refractivity contribution in [1.29, 1.82) is 0 Å². The van der Waals surface area contributed by atoms with Crippen LogP contribution >= 0.6 is 0 Å².